The average molecular weight is 301 g/mol. The summed E-state index contributed by atoms with van der Waals surface area (Å²) in [6, 6.07) is 9.32. The first kappa shape index (κ1) is 16.5. The van der Waals surface area contributed by atoms with Crippen LogP contribution < -0.4 is 5.32 Å². The molecule has 112 valence electrons. The van der Waals surface area contributed by atoms with E-state index in [1.165, 1.54) is 0 Å². The molecular formula is C13H19NO5S. The van der Waals surface area contributed by atoms with Crippen molar-refractivity contribution in [1.82, 2.24) is 5.32 Å². The molecule has 6 nitrogen and oxygen atoms in total. The highest BCUT2D eigenvalue weighted by Gasteiger charge is 2.10. The SMILES string of the molecule is CC(CCNC(=O)OCc1ccccc1)OS(C)(=O)=O. The van der Waals surface area contributed by atoms with Crippen LogP contribution in [0.4, 0.5) is 4.79 Å². The fourth-order valence-corrected chi connectivity index (χ4v) is 2.19. The van der Waals surface area contributed by atoms with Gasteiger partial charge in [-0.2, -0.15) is 8.42 Å². The van der Waals surface area contributed by atoms with E-state index < -0.39 is 22.3 Å². The van der Waals surface area contributed by atoms with Gasteiger partial charge >= 0.3 is 6.09 Å². The summed E-state index contributed by atoms with van der Waals surface area (Å²) in [6.07, 6.45) is 0.346. The Balaban J connectivity index is 2.17. The molecule has 0 aliphatic rings. The molecule has 0 spiro atoms. The Morgan fingerprint density at radius 2 is 1.95 bits per heavy atom. The van der Waals surface area contributed by atoms with Crippen molar-refractivity contribution in [1.29, 1.82) is 0 Å². The molecule has 0 fully saturated rings. The topological polar surface area (TPSA) is 81.7 Å². The van der Waals surface area contributed by atoms with Gasteiger partial charge in [-0.1, -0.05) is 30.3 Å². The second kappa shape index (κ2) is 7.86. The fraction of sp³-hybridized carbons (Fsp3) is 0.462. The fourth-order valence-electron chi connectivity index (χ4n) is 1.50. The van der Waals surface area contributed by atoms with Gasteiger partial charge in [0.25, 0.3) is 10.1 Å². The summed E-state index contributed by atoms with van der Waals surface area (Å²) in [5.74, 6) is 0. The highest BCUT2D eigenvalue weighted by atomic mass is 32.2. The van der Waals surface area contributed by atoms with Gasteiger partial charge in [0.2, 0.25) is 0 Å². The Labute approximate surface area is 119 Å². The average Bonchev–Trinajstić information content (AvgIpc) is 2.35. The first-order valence-electron chi connectivity index (χ1n) is 6.19. The quantitative estimate of drug-likeness (QED) is 0.775. The van der Waals surface area contributed by atoms with Gasteiger partial charge in [-0.3, -0.25) is 4.18 Å². The molecule has 0 saturated heterocycles. The van der Waals surface area contributed by atoms with E-state index >= 15 is 0 Å². The maximum atomic E-state index is 11.4. The van der Waals surface area contributed by atoms with Crippen LogP contribution in [0.15, 0.2) is 30.3 Å². The predicted molar refractivity (Wildman–Crippen MR) is 74.6 cm³/mol. The van der Waals surface area contributed by atoms with Crippen LogP contribution in [0.5, 0.6) is 0 Å². The lowest BCUT2D eigenvalue weighted by atomic mass is 10.2. The van der Waals surface area contributed by atoms with Crippen LogP contribution in [0.3, 0.4) is 0 Å². The van der Waals surface area contributed by atoms with Gasteiger partial charge in [0, 0.05) is 6.54 Å². The third-order valence-corrected chi connectivity index (χ3v) is 3.05. The molecule has 7 heteroatoms. The summed E-state index contributed by atoms with van der Waals surface area (Å²) >= 11 is 0. The van der Waals surface area contributed by atoms with Crippen molar-refractivity contribution in [3.63, 3.8) is 0 Å². The largest absolute Gasteiger partial charge is 0.445 e. The third-order valence-electron chi connectivity index (χ3n) is 2.37. The maximum absolute atomic E-state index is 11.4. The van der Waals surface area contributed by atoms with Gasteiger partial charge < -0.3 is 10.1 Å². The number of hydrogen-bond acceptors (Lipinski definition) is 5. The van der Waals surface area contributed by atoms with Crippen LogP contribution >= 0.6 is 0 Å². The van der Waals surface area contributed by atoms with Crippen LogP contribution in [-0.2, 0) is 25.6 Å². The van der Waals surface area contributed by atoms with Gasteiger partial charge in [-0.15, -0.1) is 0 Å². The summed E-state index contributed by atoms with van der Waals surface area (Å²) in [6.45, 7) is 2.10. The lowest BCUT2D eigenvalue weighted by Crippen LogP contribution is -2.28. The predicted octanol–water partition coefficient (Wildman–Crippen LogP) is 1.67. The summed E-state index contributed by atoms with van der Waals surface area (Å²) < 4.78 is 31.5. The molecule has 0 bridgehead atoms. The zero-order chi connectivity index (χ0) is 15.0. The van der Waals surface area contributed by atoms with Crippen LogP contribution in [0.1, 0.15) is 18.9 Å². The first-order chi connectivity index (χ1) is 9.37. The number of carbonyl (C=O) groups excluding carboxylic acids is 1. The van der Waals surface area contributed by atoms with Gasteiger partial charge in [0.15, 0.2) is 0 Å². The van der Waals surface area contributed by atoms with Gasteiger partial charge in [-0.25, -0.2) is 4.79 Å². The number of carbonyl (C=O) groups is 1. The summed E-state index contributed by atoms with van der Waals surface area (Å²) in [5, 5.41) is 2.53. The summed E-state index contributed by atoms with van der Waals surface area (Å²) in [4.78, 5) is 11.4. The van der Waals surface area contributed by atoms with Crippen molar-refractivity contribution in [2.75, 3.05) is 12.8 Å². The van der Waals surface area contributed by atoms with Crippen LogP contribution in [0, 0.1) is 0 Å². The Morgan fingerprint density at radius 1 is 1.30 bits per heavy atom. The first-order valence-corrected chi connectivity index (χ1v) is 8.01. The molecule has 0 aliphatic heterocycles. The Hall–Kier alpha value is -1.60. The van der Waals surface area contributed by atoms with Gasteiger partial charge in [0.05, 0.1) is 12.4 Å². The van der Waals surface area contributed by atoms with Crippen LogP contribution in [0.25, 0.3) is 0 Å². The number of ether oxygens (including phenoxy) is 1. The molecule has 1 atom stereocenters. The number of amides is 1. The minimum absolute atomic E-state index is 0.196. The Morgan fingerprint density at radius 3 is 2.55 bits per heavy atom. The maximum Gasteiger partial charge on any atom is 0.407 e. The second-order valence-corrected chi connectivity index (χ2v) is 5.99. The van der Waals surface area contributed by atoms with Crippen molar-refractivity contribution in [3.8, 4) is 0 Å². The van der Waals surface area contributed by atoms with Crippen molar-refractivity contribution >= 4 is 16.2 Å². The molecule has 0 heterocycles. The van der Waals surface area contributed by atoms with Crippen molar-refractivity contribution < 1.29 is 22.1 Å². The molecule has 1 amide bonds. The van der Waals surface area contributed by atoms with Crippen LogP contribution in [-0.4, -0.2) is 33.4 Å². The zero-order valence-electron chi connectivity index (χ0n) is 11.5. The minimum Gasteiger partial charge on any atom is -0.445 e. The smallest absolute Gasteiger partial charge is 0.407 e. The van der Waals surface area contributed by atoms with E-state index in [0.717, 1.165) is 11.8 Å². The van der Waals surface area contributed by atoms with Crippen molar-refractivity contribution in [3.05, 3.63) is 35.9 Å². The van der Waals surface area contributed by atoms with Crippen molar-refractivity contribution in [2.24, 2.45) is 0 Å². The van der Waals surface area contributed by atoms with E-state index in [4.69, 9.17) is 8.92 Å². The Bertz CT molecular complexity index is 515. The molecule has 0 aromatic heterocycles. The van der Waals surface area contributed by atoms with Gasteiger partial charge in [-0.05, 0) is 18.9 Å². The lowest BCUT2D eigenvalue weighted by Gasteiger charge is -2.11. The van der Waals surface area contributed by atoms with Crippen molar-refractivity contribution in [2.45, 2.75) is 26.1 Å². The molecule has 0 radical (unpaired) electrons. The van der Waals surface area contributed by atoms with Crippen LogP contribution in [0.2, 0.25) is 0 Å². The summed E-state index contributed by atoms with van der Waals surface area (Å²) in [7, 11) is -3.46. The molecule has 1 unspecified atom stereocenters. The molecule has 1 rings (SSSR count). The number of hydrogen-bond donors (Lipinski definition) is 1. The standard InChI is InChI=1S/C13H19NO5S/c1-11(19-20(2,16)17)8-9-14-13(15)18-10-12-6-4-3-5-7-12/h3-7,11H,8-10H2,1-2H3,(H,14,15). The number of nitrogens with one attached hydrogen (secondary N) is 1. The zero-order valence-corrected chi connectivity index (χ0v) is 12.4. The monoisotopic (exact) mass is 301 g/mol. The number of benzene rings is 1. The molecule has 1 aromatic rings. The number of alkyl carbamates (subject to hydrolysis) is 1. The molecule has 0 aliphatic carbocycles. The minimum atomic E-state index is -3.46. The summed E-state index contributed by atoms with van der Waals surface area (Å²) in [5.41, 5.74) is 0.899. The van der Waals surface area contributed by atoms with E-state index in [1.54, 1.807) is 6.92 Å². The molecule has 20 heavy (non-hydrogen) atoms. The molecule has 1 N–H and O–H groups in total. The Kier molecular flexibility index (Phi) is 6.47. The second-order valence-electron chi connectivity index (χ2n) is 4.39. The van der Waals surface area contributed by atoms with E-state index in [1.807, 2.05) is 30.3 Å². The number of rotatable bonds is 7. The molecule has 0 saturated carbocycles. The highest BCUT2D eigenvalue weighted by Crippen LogP contribution is 2.02. The highest BCUT2D eigenvalue weighted by molar-refractivity contribution is 7.86. The van der Waals surface area contributed by atoms with E-state index in [-0.39, 0.29) is 13.2 Å². The van der Waals surface area contributed by atoms with Gasteiger partial charge in [0.1, 0.15) is 6.61 Å². The third kappa shape index (κ3) is 7.75. The van der Waals surface area contributed by atoms with E-state index in [9.17, 15) is 13.2 Å². The normalized spacial score (nSPS) is 12.7. The molecule has 1 aromatic carbocycles. The molecular weight excluding hydrogens is 282 g/mol. The van der Waals surface area contributed by atoms with E-state index in [0.29, 0.717) is 6.42 Å². The lowest BCUT2D eigenvalue weighted by molar-refractivity contribution is 0.137. The van der Waals surface area contributed by atoms with E-state index in [2.05, 4.69) is 5.32 Å².